The Kier molecular flexibility index (Phi) is 7.02. The van der Waals surface area contributed by atoms with Crippen LogP contribution in [0, 0.1) is 16.0 Å². The molecule has 0 radical (unpaired) electrons. The van der Waals surface area contributed by atoms with Crippen LogP contribution in [-0.2, 0) is 4.79 Å². The number of piperazine rings is 1. The van der Waals surface area contributed by atoms with E-state index in [0.29, 0.717) is 42.6 Å². The molecule has 1 N–H and O–H groups in total. The van der Waals surface area contributed by atoms with E-state index in [0.717, 1.165) is 6.07 Å². The molecule has 2 aromatic rings. The van der Waals surface area contributed by atoms with Crippen molar-refractivity contribution < 1.29 is 14.5 Å². The van der Waals surface area contributed by atoms with Crippen LogP contribution in [0.15, 0.2) is 36.4 Å². The summed E-state index contributed by atoms with van der Waals surface area (Å²) in [5, 5.41) is 14.4. The Labute approximate surface area is 189 Å². The summed E-state index contributed by atoms with van der Waals surface area (Å²) in [6, 6.07) is 8.82. The second-order valence-corrected chi connectivity index (χ2v) is 8.29. The number of rotatable bonds is 5. The summed E-state index contributed by atoms with van der Waals surface area (Å²) in [5.74, 6) is -0.542. The molecule has 2 aromatic carbocycles. The van der Waals surface area contributed by atoms with E-state index in [1.165, 1.54) is 12.1 Å². The number of carbonyl (C=O) groups is 2. The molecule has 0 atom stereocenters. The third kappa shape index (κ3) is 5.08. The normalized spacial score (nSPS) is 14.0. The second kappa shape index (κ2) is 9.53. The number of nitro groups is 1. The van der Waals surface area contributed by atoms with Gasteiger partial charge in [0.05, 0.1) is 31.9 Å². The quantitative estimate of drug-likeness (QED) is 0.520. The van der Waals surface area contributed by atoms with E-state index in [4.69, 9.17) is 23.2 Å². The summed E-state index contributed by atoms with van der Waals surface area (Å²) in [4.78, 5) is 39.4. The van der Waals surface area contributed by atoms with Crippen LogP contribution >= 0.6 is 23.2 Å². The third-order valence-corrected chi connectivity index (χ3v) is 5.68. The minimum Gasteiger partial charge on any atom is -0.365 e. The monoisotopic (exact) mass is 464 g/mol. The van der Waals surface area contributed by atoms with Crippen LogP contribution in [0.2, 0.25) is 10.0 Å². The van der Waals surface area contributed by atoms with Gasteiger partial charge >= 0.3 is 0 Å². The Morgan fingerprint density at radius 3 is 2.35 bits per heavy atom. The molecule has 0 aromatic heterocycles. The average Bonchev–Trinajstić information content (AvgIpc) is 2.73. The van der Waals surface area contributed by atoms with Gasteiger partial charge in [-0.2, -0.15) is 0 Å². The fourth-order valence-electron chi connectivity index (χ4n) is 3.44. The molecular weight excluding hydrogens is 443 g/mol. The molecule has 10 heteroatoms. The van der Waals surface area contributed by atoms with Crippen molar-refractivity contribution >= 4 is 52.1 Å². The molecule has 1 aliphatic heterocycles. The predicted octanol–water partition coefficient (Wildman–Crippen LogP) is 4.46. The SMILES string of the molecule is CC(C)C(=O)N1CCN(c2c(Cl)cccc2NC(=O)c2cc([N+](=O)[O-])ccc2Cl)CC1. The first-order valence-corrected chi connectivity index (χ1v) is 10.5. The summed E-state index contributed by atoms with van der Waals surface area (Å²) in [7, 11) is 0. The van der Waals surface area contributed by atoms with Crippen LogP contribution in [0.25, 0.3) is 0 Å². The lowest BCUT2D eigenvalue weighted by atomic mass is 10.1. The Balaban J connectivity index is 1.83. The van der Waals surface area contributed by atoms with Gasteiger partial charge in [0.2, 0.25) is 5.91 Å². The molecule has 0 aliphatic carbocycles. The summed E-state index contributed by atoms with van der Waals surface area (Å²) in [5.41, 5.74) is 0.861. The van der Waals surface area contributed by atoms with Gasteiger partial charge in [-0.15, -0.1) is 0 Å². The van der Waals surface area contributed by atoms with Gasteiger partial charge in [0.25, 0.3) is 11.6 Å². The molecule has 1 fully saturated rings. The molecule has 164 valence electrons. The summed E-state index contributed by atoms with van der Waals surface area (Å²) >= 11 is 12.5. The number of non-ortho nitro benzene ring substituents is 1. The molecule has 0 spiro atoms. The van der Waals surface area contributed by atoms with Crippen LogP contribution in [-0.4, -0.2) is 47.8 Å². The van der Waals surface area contributed by atoms with Crippen molar-refractivity contribution in [1.29, 1.82) is 0 Å². The maximum atomic E-state index is 12.8. The van der Waals surface area contributed by atoms with Gasteiger partial charge in [-0.25, -0.2) is 0 Å². The lowest BCUT2D eigenvalue weighted by molar-refractivity contribution is -0.384. The number of halogens is 2. The first kappa shape index (κ1) is 22.8. The van der Waals surface area contributed by atoms with E-state index in [2.05, 4.69) is 5.32 Å². The van der Waals surface area contributed by atoms with E-state index in [1.54, 1.807) is 18.2 Å². The van der Waals surface area contributed by atoms with Crippen LogP contribution in [0.4, 0.5) is 17.1 Å². The Hall–Kier alpha value is -2.84. The van der Waals surface area contributed by atoms with Crippen LogP contribution in [0.5, 0.6) is 0 Å². The van der Waals surface area contributed by atoms with E-state index in [-0.39, 0.29) is 28.1 Å². The zero-order chi connectivity index (χ0) is 22.7. The van der Waals surface area contributed by atoms with Crippen LogP contribution in [0.3, 0.4) is 0 Å². The highest BCUT2D eigenvalue weighted by atomic mass is 35.5. The predicted molar refractivity (Wildman–Crippen MR) is 121 cm³/mol. The first-order valence-electron chi connectivity index (χ1n) is 9.76. The largest absolute Gasteiger partial charge is 0.365 e. The molecule has 8 nitrogen and oxygen atoms in total. The van der Waals surface area contributed by atoms with Gasteiger partial charge in [-0.3, -0.25) is 19.7 Å². The highest BCUT2D eigenvalue weighted by molar-refractivity contribution is 6.35. The van der Waals surface area contributed by atoms with Crippen molar-refractivity contribution in [3.63, 3.8) is 0 Å². The van der Waals surface area contributed by atoms with Crippen molar-refractivity contribution in [2.75, 3.05) is 36.4 Å². The fourth-order valence-corrected chi connectivity index (χ4v) is 3.94. The molecular formula is C21H22Cl2N4O4. The number of benzene rings is 2. The van der Waals surface area contributed by atoms with Gasteiger partial charge < -0.3 is 15.1 Å². The molecule has 0 saturated carbocycles. The maximum Gasteiger partial charge on any atom is 0.270 e. The molecule has 1 aliphatic rings. The number of carbonyl (C=O) groups excluding carboxylic acids is 2. The number of nitrogens with zero attached hydrogens (tertiary/aromatic N) is 3. The summed E-state index contributed by atoms with van der Waals surface area (Å²) in [6.45, 7) is 5.95. The lowest BCUT2D eigenvalue weighted by Crippen LogP contribution is -2.50. The molecule has 0 unspecified atom stereocenters. The van der Waals surface area contributed by atoms with Crippen molar-refractivity contribution in [2.45, 2.75) is 13.8 Å². The van der Waals surface area contributed by atoms with E-state index in [9.17, 15) is 19.7 Å². The topological polar surface area (TPSA) is 95.8 Å². The summed E-state index contributed by atoms with van der Waals surface area (Å²) < 4.78 is 0. The van der Waals surface area contributed by atoms with Crippen molar-refractivity contribution in [3.8, 4) is 0 Å². The van der Waals surface area contributed by atoms with Crippen molar-refractivity contribution in [2.24, 2.45) is 5.92 Å². The van der Waals surface area contributed by atoms with Crippen LogP contribution in [0.1, 0.15) is 24.2 Å². The van der Waals surface area contributed by atoms with Crippen LogP contribution < -0.4 is 10.2 Å². The van der Waals surface area contributed by atoms with Gasteiger partial charge in [0, 0.05) is 44.2 Å². The maximum absolute atomic E-state index is 12.8. The van der Waals surface area contributed by atoms with Crippen molar-refractivity contribution in [3.05, 3.63) is 62.1 Å². The Morgan fingerprint density at radius 1 is 1.06 bits per heavy atom. The van der Waals surface area contributed by atoms with Gasteiger partial charge in [0.1, 0.15) is 0 Å². The molecule has 1 saturated heterocycles. The molecule has 2 amide bonds. The van der Waals surface area contributed by atoms with Crippen molar-refractivity contribution in [1.82, 2.24) is 4.90 Å². The fraction of sp³-hybridized carbons (Fsp3) is 0.333. The zero-order valence-electron chi connectivity index (χ0n) is 17.1. The molecule has 0 bridgehead atoms. The van der Waals surface area contributed by atoms with Gasteiger partial charge in [-0.05, 0) is 18.2 Å². The smallest absolute Gasteiger partial charge is 0.270 e. The Morgan fingerprint density at radius 2 is 1.74 bits per heavy atom. The summed E-state index contributed by atoms with van der Waals surface area (Å²) in [6.07, 6.45) is 0. The van der Waals surface area contributed by atoms with Gasteiger partial charge in [0.15, 0.2) is 0 Å². The number of hydrogen-bond acceptors (Lipinski definition) is 5. The average molecular weight is 465 g/mol. The number of para-hydroxylation sites is 1. The Bertz CT molecular complexity index is 1020. The number of hydrogen-bond donors (Lipinski definition) is 1. The highest BCUT2D eigenvalue weighted by Crippen LogP contribution is 2.35. The second-order valence-electron chi connectivity index (χ2n) is 7.48. The third-order valence-electron chi connectivity index (χ3n) is 5.04. The zero-order valence-corrected chi connectivity index (χ0v) is 18.6. The standard InChI is InChI=1S/C21H22Cl2N4O4/c1-13(2)21(29)26-10-8-25(9-11-26)19-17(23)4-3-5-18(19)24-20(28)15-12-14(27(30)31)6-7-16(15)22/h3-7,12-13H,8-11H2,1-2H3,(H,24,28). The highest BCUT2D eigenvalue weighted by Gasteiger charge is 2.26. The van der Waals surface area contributed by atoms with E-state index >= 15 is 0 Å². The van der Waals surface area contributed by atoms with E-state index < -0.39 is 10.8 Å². The molecule has 3 rings (SSSR count). The first-order chi connectivity index (χ1) is 14.7. The molecule has 1 heterocycles. The number of anilines is 2. The number of nitrogens with one attached hydrogen (secondary N) is 1. The lowest BCUT2D eigenvalue weighted by Gasteiger charge is -2.38. The minimum atomic E-state index is -0.587. The number of amides is 2. The molecule has 31 heavy (non-hydrogen) atoms. The van der Waals surface area contributed by atoms with E-state index in [1.807, 2.05) is 23.6 Å². The van der Waals surface area contributed by atoms with Gasteiger partial charge in [-0.1, -0.05) is 43.1 Å². The minimum absolute atomic E-state index is 0.00542. The number of nitro benzene ring substituents is 1.